The summed E-state index contributed by atoms with van der Waals surface area (Å²) in [6.07, 6.45) is 0. The molecule has 0 aliphatic carbocycles. The molecule has 1 amide bonds. The third-order valence-electron chi connectivity index (χ3n) is 6.23. The average Bonchev–Trinajstić information content (AvgIpc) is 3.40. The maximum atomic E-state index is 13.5. The Morgan fingerprint density at radius 2 is 1.43 bits per heavy atom. The Bertz CT molecular complexity index is 1500. The van der Waals surface area contributed by atoms with Crippen molar-refractivity contribution in [1.29, 1.82) is 0 Å². The highest BCUT2D eigenvalue weighted by atomic mass is 32.2. The van der Waals surface area contributed by atoms with Crippen LogP contribution in [0.5, 0.6) is 11.5 Å². The number of carbonyl (C=O) groups is 1. The highest BCUT2D eigenvalue weighted by Crippen LogP contribution is 2.32. The van der Waals surface area contributed by atoms with Gasteiger partial charge in [0.25, 0.3) is 0 Å². The summed E-state index contributed by atoms with van der Waals surface area (Å²) in [6.45, 7) is -0.376. The van der Waals surface area contributed by atoms with Crippen molar-refractivity contribution in [2.45, 2.75) is 22.4 Å². The minimum Gasteiger partial charge on any atom is -0.454 e. The number of rotatable bonds is 7. The molecule has 0 aromatic heterocycles. The first-order valence-electron chi connectivity index (χ1n) is 11.6. The first-order chi connectivity index (χ1) is 17.8. The zero-order valence-electron chi connectivity index (χ0n) is 19.7. The monoisotopic (exact) mass is 543 g/mol. The summed E-state index contributed by atoms with van der Waals surface area (Å²) in [6, 6.07) is 19.6. The largest absolute Gasteiger partial charge is 0.454 e. The van der Waals surface area contributed by atoms with Crippen molar-refractivity contribution in [3.05, 3.63) is 84.4 Å². The van der Waals surface area contributed by atoms with Crippen LogP contribution in [0.2, 0.25) is 0 Å². The van der Waals surface area contributed by atoms with Crippen molar-refractivity contribution >= 4 is 26.0 Å². The fourth-order valence-electron chi connectivity index (χ4n) is 4.29. The number of fused-ring (bicyclic) bond motifs is 1. The Kier molecular flexibility index (Phi) is 6.90. The molecule has 0 unspecified atom stereocenters. The number of ether oxygens (including phenoxy) is 2. The van der Waals surface area contributed by atoms with E-state index in [0.29, 0.717) is 11.5 Å². The number of piperazine rings is 1. The second-order valence-corrected chi connectivity index (χ2v) is 12.4. The van der Waals surface area contributed by atoms with Gasteiger partial charge in [0.2, 0.25) is 32.7 Å². The standard InChI is InChI=1S/C25H25N3O7S2/c29-25(26-16-19-11-12-23-24(15-19)35-18-34-23)22-17-27(36(30,31)20-7-3-1-4-8-20)13-14-28(22)37(32,33)21-9-5-2-6-10-21/h1-12,15,22H,13-14,16-18H2,(H,26,29)/t22-/m0/s1. The summed E-state index contributed by atoms with van der Waals surface area (Å²) in [5, 5.41) is 2.76. The lowest BCUT2D eigenvalue weighted by Gasteiger charge is -2.38. The molecular weight excluding hydrogens is 518 g/mol. The molecule has 0 spiro atoms. The Morgan fingerprint density at radius 1 is 0.811 bits per heavy atom. The number of amides is 1. The summed E-state index contributed by atoms with van der Waals surface area (Å²) in [5.74, 6) is 0.548. The molecule has 0 bridgehead atoms. The smallest absolute Gasteiger partial charge is 0.243 e. The molecule has 3 aromatic rings. The van der Waals surface area contributed by atoms with Crippen LogP contribution in [-0.4, -0.2) is 63.8 Å². The summed E-state index contributed by atoms with van der Waals surface area (Å²) < 4.78 is 66.4. The van der Waals surface area contributed by atoms with E-state index in [4.69, 9.17) is 9.47 Å². The van der Waals surface area contributed by atoms with Crippen LogP contribution in [0.25, 0.3) is 0 Å². The fraction of sp³-hybridized carbons (Fsp3) is 0.240. The van der Waals surface area contributed by atoms with E-state index in [-0.39, 0.29) is 42.8 Å². The van der Waals surface area contributed by atoms with Crippen LogP contribution in [0.3, 0.4) is 0 Å². The summed E-state index contributed by atoms with van der Waals surface area (Å²) in [7, 11) is -8.00. The summed E-state index contributed by atoms with van der Waals surface area (Å²) >= 11 is 0. The van der Waals surface area contributed by atoms with Gasteiger partial charge < -0.3 is 14.8 Å². The molecule has 5 rings (SSSR count). The Balaban J connectivity index is 1.41. The minimum atomic E-state index is -4.07. The van der Waals surface area contributed by atoms with Gasteiger partial charge in [0, 0.05) is 26.2 Å². The first kappa shape index (κ1) is 25.2. The van der Waals surface area contributed by atoms with Gasteiger partial charge in [0.15, 0.2) is 11.5 Å². The van der Waals surface area contributed by atoms with E-state index < -0.39 is 32.0 Å². The molecule has 1 saturated heterocycles. The minimum absolute atomic E-state index is 0.0305. The number of nitrogens with zero attached hydrogens (tertiary/aromatic N) is 2. The van der Waals surface area contributed by atoms with Gasteiger partial charge >= 0.3 is 0 Å². The van der Waals surface area contributed by atoms with Crippen molar-refractivity contribution in [3.8, 4) is 11.5 Å². The molecule has 2 aliphatic rings. The van der Waals surface area contributed by atoms with E-state index in [2.05, 4.69) is 5.32 Å². The average molecular weight is 544 g/mol. The van der Waals surface area contributed by atoms with Gasteiger partial charge in [0.1, 0.15) is 6.04 Å². The molecular formula is C25H25N3O7S2. The molecule has 194 valence electrons. The molecule has 0 radical (unpaired) electrons. The van der Waals surface area contributed by atoms with Crippen molar-refractivity contribution in [2.24, 2.45) is 0 Å². The third kappa shape index (κ3) is 5.05. The number of sulfonamides is 2. The van der Waals surface area contributed by atoms with Crippen LogP contribution < -0.4 is 14.8 Å². The van der Waals surface area contributed by atoms with E-state index in [0.717, 1.165) is 14.2 Å². The van der Waals surface area contributed by atoms with E-state index in [9.17, 15) is 21.6 Å². The predicted octanol–water partition coefficient (Wildman–Crippen LogP) is 1.80. The molecule has 1 N–H and O–H groups in total. The van der Waals surface area contributed by atoms with Gasteiger partial charge in [-0.3, -0.25) is 4.79 Å². The normalized spacial score (nSPS) is 18.4. The predicted molar refractivity (Wildman–Crippen MR) is 134 cm³/mol. The summed E-state index contributed by atoms with van der Waals surface area (Å²) in [5.41, 5.74) is 0.722. The fourth-order valence-corrected chi connectivity index (χ4v) is 7.34. The molecule has 2 aliphatic heterocycles. The molecule has 37 heavy (non-hydrogen) atoms. The molecule has 10 nitrogen and oxygen atoms in total. The Morgan fingerprint density at radius 3 is 2.11 bits per heavy atom. The third-order valence-corrected chi connectivity index (χ3v) is 10.0. The second kappa shape index (κ2) is 10.1. The SMILES string of the molecule is O=C(NCc1ccc2c(c1)OCO2)[C@@H]1CN(S(=O)(=O)c2ccccc2)CCN1S(=O)(=O)c1ccccc1. The van der Waals surface area contributed by atoms with Crippen LogP contribution in [0.1, 0.15) is 5.56 Å². The number of benzene rings is 3. The van der Waals surface area contributed by atoms with Gasteiger partial charge in [-0.1, -0.05) is 42.5 Å². The lowest BCUT2D eigenvalue weighted by atomic mass is 10.2. The zero-order valence-corrected chi connectivity index (χ0v) is 21.3. The van der Waals surface area contributed by atoms with E-state index >= 15 is 0 Å². The molecule has 0 saturated carbocycles. The zero-order chi connectivity index (χ0) is 26.0. The summed E-state index contributed by atoms with van der Waals surface area (Å²) in [4.78, 5) is 13.5. The number of nitrogens with one attached hydrogen (secondary N) is 1. The quantitative estimate of drug-likeness (QED) is 0.482. The highest BCUT2D eigenvalue weighted by molar-refractivity contribution is 7.89. The van der Waals surface area contributed by atoms with E-state index in [1.54, 1.807) is 54.6 Å². The lowest BCUT2D eigenvalue weighted by Crippen LogP contribution is -2.61. The van der Waals surface area contributed by atoms with E-state index in [1.807, 2.05) is 0 Å². The van der Waals surface area contributed by atoms with Crippen LogP contribution in [0, 0.1) is 0 Å². The number of hydrogen-bond donors (Lipinski definition) is 1. The highest BCUT2D eigenvalue weighted by Gasteiger charge is 2.43. The molecule has 1 atom stereocenters. The van der Waals surface area contributed by atoms with Gasteiger partial charge in [-0.05, 0) is 42.0 Å². The van der Waals surface area contributed by atoms with Gasteiger partial charge in [-0.2, -0.15) is 8.61 Å². The molecule has 2 heterocycles. The molecule has 1 fully saturated rings. The lowest BCUT2D eigenvalue weighted by molar-refractivity contribution is -0.126. The Labute approximate surface area is 215 Å². The maximum Gasteiger partial charge on any atom is 0.243 e. The molecule has 3 aromatic carbocycles. The van der Waals surface area contributed by atoms with Crippen LogP contribution in [-0.2, 0) is 31.4 Å². The van der Waals surface area contributed by atoms with Crippen molar-refractivity contribution in [2.75, 3.05) is 26.4 Å². The van der Waals surface area contributed by atoms with Gasteiger partial charge in [-0.25, -0.2) is 16.8 Å². The second-order valence-electron chi connectivity index (χ2n) is 8.53. The maximum absolute atomic E-state index is 13.5. The van der Waals surface area contributed by atoms with Crippen LogP contribution >= 0.6 is 0 Å². The number of hydrogen-bond acceptors (Lipinski definition) is 7. The van der Waals surface area contributed by atoms with Gasteiger partial charge in [-0.15, -0.1) is 0 Å². The van der Waals surface area contributed by atoms with Gasteiger partial charge in [0.05, 0.1) is 9.79 Å². The van der Waals surface area contributed by atoms with E-state index in [1.165, 1.54) is 24.3 Å². The van der Waals surface area contributed by atoms with Crippen molar-refractivity contribution in [1.82, 2.24) is 13.9 Å². The topological polar surface area (TPSA) is 122 Å². The van der Waals surface area contributed by atoms with Crippen molar-refractivity contribution in [3.63, 3.8) is 0 Å². The van der Waals surface area contributed by atoms with Crippen LogP contribution in [0.15, 0.2) is 88.7 Å². The Hall–Kier alpha value is -3.45. The number of carbonyl (C=O) groups excluding carboxylic acids is 1. The molecule has 12 heteroatoms. The first-order valence-corrected chi connectivity index (χ1v) is 14.4. The van der Waals surface area contributed by atoms with Crippen LogP contribution in [0.4, 0.5) is 0 Å². The van der Waals surface area contributed by atoms with Crippen molar-refractivity contribution < 1.29 is 31.1 Å².